The van der Waals surface area contributed by atoms with Gasteiger partial charge in [-0.25, -0.2) is 0 Å². The normalized spacial score (nSPS) is 22.7. The van der Waals surface area contributed by atoms with Crippen molar-refractivity contribution < 1.29 is 14.3 Å². The molecule has 0 aromatic heterocycles. The number of rotatable bonds is 5. The van der Waals surface area contributed by atoms with Crippen molar-refractivity contribution in [1.29, 1.82) is 0 Å². The highest BCUT2D eigenvalue weighted by Crippen LogP contribution is 2.26. The fourth-order valence-electron chi connectivity index (χ4n) is 2.75. The first-order valence-electron chi connectivity index (χ1n) is 7.92. The third kappa shape index (κ3) is 3.67. The molecule has 0 radical (unpaired) electrons. The summed E-state index contributed by atoms with van der Waals surface area (Å²) in [4.78, 5) is 26.2. The number of hydrogen-bond donors (Lipinski definition) is 0. The first kappa shape index (κ1) is 16.5. The van der Waals surface area contributed by atoms with Crippen LogP contribution < -0.4 is 4.74 Å². The van der Waals surface area contributed by atoms with Crippen LogP contribution >= 0.6 is 0 Å². The molecule has 1 amide bonds. The summed E-state index contributed by atoms with van der Waals surface area (Å²) in [7, 11) is 0. The van der Waals surface area contributed by atoms with Crippen LogP contribution in [0.2, 0.25) is 0 Å². The van der Waals surface area contributed by atoms with Crippen LogP contribution in [0, 0.1) is 11.8 Å². The topological polar surface area (TPSA) is 46.6 Å². The molecule has 1 aromatic carbocycles. The average molecular weight is 303 g/mol. The van der Waals surface area contributed by atoms with Crippen LogP contribution in [0.3, 0.4) is 0 Å². The summed E-state index contributed by atoms with van der Waals surface area (Å²) in [6.45, 7) is 8.01. The number of benzene rings is 1. The van der Waals surface area contributed by atoms with E-state index in [0.29, 0.717) is 13.0 Å². The Morgan fingerprint density at radius 3 is 2.36 bits per heavy atom. The smallest absolute Gasteiger partial charge is 0.226 e. The molecule has 1 aromatic rings. The highest BCUT2D eigenvalue weighted by atomic mass is 16.5. The second-order valence-electron chi connectivity index (χ2n) is 6.44. The van der Waals surface area contributed by atoms with Crippen molar-refractivity contribution in [2.75, 3.05) is 6.54 Å². The number of carbonyl (C=O) groups excluding carboxylic acids is 2. The fraction of sp³-hybridized carbons (Fsp3) is 0.556. The van der Waals surface area contributed by atoms with Crippen molar-refractivity contribution in [3.05, 3.63) is 30.3 Å². The maximum Gasteiger partial charge on any atom is 0.226 e. The molecule has 4 nitrogen and oxygen atoms in total. The van der Waals surface area contributed by atoms with Gasteiger partial charge in [-0.15, -0.1) is 0 Å². The maximum absolute atomic E-state index is 12.6. The van der Waals surface area contributed by atoms with Gasteiger partial charge in [0.2, 0.25) is 5.91 Å². The molecule has 4 heteroatoms. The molecule has 0 N–H and O–H groups in total. The molecule has 0 aliphatic carbocycles. The Morgan fingerprint density at radius 1 is 1.18 bits per heavy atom. The Balaban J connectivity index is 2.09. The van der Waals surface area contributed by atoms with Gasteiger partial charge >= 0.3 is 0 Å². The van der Waals surface area contributed by atoms with Crippen LogP contribution in [0.5, 0.6) is 5.75 Å². The number of para-hydroxylation sites is 1. The Labute approximate surface area is 132 Å². The molecular formula is C18H25NO3. The Hall–Kier alpha value is -1.84. The zero-order chi connectivity index (χ0) is 16.3. The number of hydrogen-bond acceptors (Lipinski definition) is 3. The molecule has 0 spiro atoms. The van der Waals surface area contributed by atoms with Gasteiger partial charge in [-0.3, -0.25) is 9.59 Å². The van der Waals surface area contributed by atoms with Gasteiger partial charge in [0.15, 0.2) is 5.78 Å². The summed E-state index contributed by atoms with van der Waals surface area (Å²) in [6, 6.07) is 9.18. The third-order valence-electron chi connectivity index (χ3n) is 4.45. The van der Waals surface area contributed by atoms with Crippen molar-refractivity contribution in [3.8, 4) is 5.75 Å². The maximum atomic E-state index is 12.6. The molecule has 1 fully saturated rings. The van der Waals surface area contributed by atoms with E-state index in [9.17, 15) is 9.59 Å². The minimum atomic E-state index is -0.359. The molecule has 1 aliphatic rings. The van der Waals surface area contributed by atoms with Crippen LogP contribution in [-0.2, 0) is 9.59 Å². The van der Waals surface area contributed by atoms with E-state index < -0.39 is 0 Å². The van der Waals surface area contributed by atoms with E-state index in [4.69, 9.17) is 4.74 Å². The fourth-order valence-corrected chi connectivity index (χ4v) is 2.75. The predicted molar refractivity (Wildman–Crippen MR) is 85.7 cm³/mol. The average Bonchev–Trinajstić information content (AvgIpc) is 2.90. The quantitative estimate of drug-likeness (QED) is 0.840. The molecule has 0 unspecified atom stereocenters. The lowest BCUT2D eigenvalue weighted by molar-refractivity contribution is -0.141. The second kappa shape index (κ2) is 6.95. The van der Waals surface area contributed by atoms with Gasteiger partial charge in [0.05, 0.1) is 12.6 Å². The lowest BCUT2D eigenvalue weighted by Gasteiger charge is -2.27. The predicted octanol–water partition coefficient (Wildman–Crippen LogP) is 2.92. The Kier molecular flexibility index (Phi) is 5.22. The molecule has 22 heavy (non-hydrogen) atoms. The van der Waals surface area contributed by atoms with Crippen molar-refractivity contribution >= 4 is 11.7 Å². The van der Waals surface area contributed by atoms with E-state index in [1.807, 2.05) is 51.1 Å². The summed E-state index contributed by atoms with van der Waals surface area (Å²) < 4.78 is 5.93. The van der Waals surface area contributed by atoms with Gasteiger partial charge in [0.1, 0.15) is 11.9 Å². The number of ether oxygens (including phenoxy) is 1. The Bertz CT molecular complexity index is 526. The number of Topliss-reactive ketones (excluding diaryl/α,β-unsaturated/α-hetero) is 1. The van der Waals surface area contributed by atoms with E-state index in [-0.39, 0.29) is 35.7 Å². The summed E-state index contributed by atoms with van der Waals surface area (Å²) in [5.41, 5.74) is 0. The molecule has 120 valence electrons. The lowest BCUT2D eigenvalue weighted by atomic mass is 9.96. The van der Waals surface area contributed by atoms with Crippen molar-refractivity contribution in [3.63, 3.8) is 0 Å². The van der Waals surface area contributed by atoms with E-state index in [2.05, 4.69) is 0 Å². The van der Waals surface area contributed by atoms with Crippen LogP contribution in [0.1, 0.15) is 34.1 Å². The first-order valence-corrected chi connectivity index (χ1v) is 7.92. The van der Waals surface area contributed by atoms with Crippen molar-refractivity contribution in [1.82, 2.24) is 4.90 Å². The largest absolute Gasteiger partial charge is 0.488 e. The molecule has 3 atom stereocenters. The van der Waals surface area contributed by atoms with E-state index >= 15 is 0 Å². The summed E-state index contributed by atoms with van der Waals surface area (Å²) in [5, 5.41) is 0. The molecule has 0 saturated carbocycles. The highest BCUT2D eigenvalue weighted by molar-refractivity contribution is 5.89. The molecular weight excluding hydrogens is 278 g/mol. The van der Waals surface area contributed by atoms with Gasteiger partial charge in [-0.05, 0) is 25.0 Å². The van der Waals surface area contributed by atoms with Gasteiger partial charge in [-0.2, -0.15) is 0 Å². The monoisotopic (exact) mass is 303 g/mol. The highest BCUT2D eigenvalue weighted by Gasteiger charge is 2.40. The SMILES string of the molecule is CC(=O)[C@@H]1C[C@@H](Oc2ccccc2)CN1C(=O)[C@@H](C)C(C)C. The minimum absolute atomic E-state index is 0.0310. The number of carbonyl (C=O) groups is 2. The summed E-state index contributed by atoms with van der Waals surface area (Å²) in [5.74, 6) is 1.03. The molecule has 1 saturated heterocycles. The van der Waals surface area contributed by atoms with Crippen LogP contribution in [0.25, 0.3) is 0 Å². The number of nitrogens with zero attached hydrogens (tertiary/aromatic N) is 1. The van der Waals surface area contributed by atoms with Gasteiger partial charge in [0, 0.05) is 12.3 Å². The molecule has 2 rings (SSSR count). The number of ketones is 1. The minimum Gasteiger partial charge on any atom is -0.488 e. The van der Waals surface area contributed by atoms with E-state index in [0.717, 1.165) is 5.75 Å². The van der Waals surface area contributed by atoms with Crippen molar-refractivity contribution in [2.45, 2.75) is 46.3 Å². The van der Waals surface area contributed by atoms with Crippen LogP contribution in [0.4, 0.5) is 0 Å². The molecule has 1 heterocycles. The van der Waals surface area contributed by atoms with Gasteiger partial charge < -0.3 is 9.64 Å². The van der Waals surface area contributed by atoms with E-state index in [1.165, 1.54) is 0 Å². The third-order valence-corrected chi connectivity index (χ3v) is 4.45. The molecule has 1 aliphatic heterocycles. The van der Waals surface area contributed by atoms with Crippen LogP contribution in [0.15, 0.2) is 30.3 Å². The first-order chi connectivity index (χ1) is 10.4. The Morgan fingerprint density at radius 2 is 1.82 bits per heavy atom. The van der Waals surface area contributed by atoms with Gasteiger partial charge in [-0.1, -0.05) is 39.0 Å². The second-order valence-corrected chi connectivity index (χ2v) is 6.44. The van der Waals surface area contributed by atoms with E-state index in [1.54, 1.807) is 11.8 Å². The standard InChI is InChI=1S/C18H25NO3/c1-12(2)13(3)18(21)19-11-16(10-17(19)14(4)20)22-15-8-6-5-7-9-15/h5-9,12-13,16-17H,10-11H2,1-4H3/t13-,16+,17-/m0/s1. The zero-order valence-electron chi connectivity index (χ0n) is 13.8. The lowest BCUT2D eigenvalue weighted by Crippen LogP contribution is -2.43. The number of amides is 1. The summed E-state index contributed by atoms with van der Waals surface area (Å²) in [6.07, 6.45) is 0.445. The van der Waals surface area contributed by atoms with Crippen molar-refractivity contribution in [2.24, 2.45) is 11.8 Å². The molecule has 0 bridgehead atoms. The number of likely N-dealkylation sites (tertiary alicyclic amines) is 1. The zero-order valence-corrected chi connectivity index (χ0v) is 13.8. The summed E-state index contributed by atoms with van der Waals surface area (Å²) >= 11 is 0. The van der Waals surface area contributed by atoms with Gasteiger partial charge in [0.25, 0.3) is 0 Å². The van der Waals surface area contributed by atoms with Crippen LogP contribution in [-0.4, -0.2) is 35.3 Å².